The van der Waals surface area contributed by atoms with E-state index in [9.17, 15) is 13.2 Å². The van der Waals surface area contributed by atoms with Gasteiger partial charge in [-0.05, 0) is 30.8 Å². The van der Waals surface area contributed by atoms with E-state index >= 15 is 0 Å². The minimum Gasteiger partial charge on any atom is -0.329 e. The molecule has 0 aliphatic heterocycles. The monoisotopic (exact) mass is 260 g/mol. The number of nitrogens with zero attached hydrogens (tertiary/aromatic N) is 1. The van der Waals surface area contributed by atoms with Gasteiger partial charge in [-0.3, -0.25) is 4.90 Å². The summed E-state index contributed by atoms with van der Waals surface area (Å²) in [6.07, 6.45) is -4.29. The second kappa shape index (κ2) is 6.20. The van der Waals surface area contributed by atoms with Gasteiger partial charge in [0.05, 0.1) is 5.56 Å². The summed E-state index contributed by atoms with van der Waals surface area (Å²) in [5, 5.41) is 0. The van der Waals surface area contributed by atoms with Crippen molar-refractivity contribution < 1.29 is 13.2 Å². The first-order valence-electron chi connectivity index (χ1n) is 6.05. The van der Waals surface area contributed by atoms with Gasteiger partial charge in [0.1, 0.15) is 0 Å². The van der Waals surface area contributed by atoms with Crippen LogP contribution >= 0.6 is 0 Å². The van der Waals surface area contributed by atoms with Gasteiger partial charge in [0.25, 0.3) is 0 Å². The molecule has 0 spiro atoms. The van der Waals surface area contributed by atoms with Crippen molar-refractivity contribution in [3.63, 3.8) is 0 Å². The normalized spacial score (nSPS) is 13.9. The average molecular weight is 260 g/mol. The Morgan fingerprint density at radius 1 is 1.11 bits per heavy atom. The number of rotatable bonds is 5. The molecule has 0 heterocycles. The zero-order valence-electron chi connectivity index (χ0n) is 10.7. The third-order valence-corrected chi connectivity index (χ3v) is 3.10. The molecule has 1 aromatic carbocycles. The molecule has 0 aromatic heterocycles. The Bertz CT molecular complexity index is 355. The molecule has 2 nitrogen and oxygen atoms in total. The molecule has 102 valence electrons. The quantitative estimate of drug-likeness (QED) is 0.881. The smallest absolute Gasteiger partial charge is 0.329 e. The maximum absolute atomic E-state index is 12.5. The minimum atomic E-state index is -4.29. The van der Waals surface area contributed by atoms with Gasteiger partial charge >= 0.3 is 6.18 Å². The fourth-order valence-corrected chi connectivity index (χ4v) is 2.05. The van der Waals surface area contributed by atoms with E-state index in [1.165, 1.54) is 12.1 Å². The number of likely N-dealkylation sites (N-methyl/N-ethyl adjacent to an activating group) is 1. The van der Waals surface area contributed by atoms with Crippen LogP contribution in [-0.2, 0) is 6.18 Å². The van der Waals surface area contributed by atoms with E-state index in [-0.39, 0.29) is 6.04 Å². The van der Waals surface area contributed by atoms with E-state index < -0.39 is 11.7 Å². The Morgan fingerprint density at radius 3 is 1.94 bits per heavy atom. The molecule has 1 aromatic rings. The summed E-state index contributed by atoms with van der Waals surface area (Å²) in [6.45, 7) is 6.05. The summed E-state index contributed by atoms with van der Waals surface area (Å²) in [6, 6.07) is 5.22. The van der Waals surface area contributed by atoms with Crippen LogP contribution in [0.5, 0.6) is 0 Å². The second-order valence-corrected chi connectivity index (χ2v) is 4.09. The van der Waals surface area contributed by atoms with Crippen LogP contribution in [0.3, 0.4) is 0 Å². The van der Waals surface area contributed by atoms with Gasteiger partial charge < -0.3 is 5.73 Å². The summed E-state index contributed by atoms with van der Waals surface area (Å²) in [4.78, 5) is 2.13. The van der Waals surface area contributed by atoms with Crippen molar-refractivity contribution in [2.24, 2.45) is 5.73 Å². The van der Waals surface area contributed by atoms with Crippen molar-refractivity contribution in [2.45, 2.75) is 26.1 Å². The number of halogens is 3. The molecule has 0 aliphatic carbocycles. The van der Waals surface area contributed by atoms with Crippen LogP contribution in [-0.4, -0.2) is 24.5 Å². The Balaban J connectivity index is 2.95. The SMILES string of the molecule is CCN(CC)[C@H](CN)c1ccc(C(F)(F)F)cc1. The molecule has 0 saturated heterocycles. The standard InChI is InChI=1S/C13H19F3N2/c1-3-18(4-2)12(9-17)10-5-7-11(8-6-10)13(14,15)16/h5-8,12H,3-4,9,17H2,1-2H3/t12-/m1/s1. The molecular weight excluding hydrogens is 241 g/mol. The molecule has 5 heteroatoms. The van der Waals surface area contributed by atoms with Crippen LogP contribution in [0.25, 0.3) is 0 Å². The first kappa shape index (κ1) is 15.0. The molecule has 0 unspecified atom stereocenters. The van der Waals surface area contributed by atoms with Crippen molar-refractivity contribution in [3.8, 4) is 0 Å². The largest absolute Gasteiger partial charge is 0.416 e. The molecule has 1 atom stereocenters. The van der Waals surface area contributed by atoms with Gasteiger partial charge in [-0.25, -0.2) is 0 Å². The van der Waals surface area contributed by atoms with E-state index in [1.807, 2.05) is 13.8 Å². The van der Waals surface area contributed by atoms with Crippen LogP contribution in [0.2, 0.25) is 0 Å². The van der Waals surface area contributed by atoms with E-state index in [2.05, 4.69) is 4.90 Å². The average Bonchev–Trinajstić information content (AvgIpc) is 2.35. The van der Waals surface area contributed by atoms with Crippen molar-refractivity contribution in [2.75, 3.05) is 19.6 Å². The van der Waals surface area contributed by atoms with E-state index in [0.717, 1.165) is 30.8 Å². The van der Waals surface area contributed by atoms with Crippen LogP contribution < -0.4 is 5.73 Å². The van der Waals surface area contributed by atoms with E-state index in [4.69, 9.17) is 5.73 Å². The number of hydrogen-bond donors (Lipinski definition) is 1. The van der Waals surface area contributed by atoms with Crippen LogP contribution in [0.4, 0.5) is 13.2 Å². The lowest BCUT2D eigenvalue weighted by Gasteiger charge is -2.29. The summed E-state index contributed by atoms with van der Waals surface area (Å²) < 4.78 is 37.4. The fourth-order valence-electron chi connectivity index (χ4n) is 2.05. The Morgan fingerprint density at radius 2 is 1.61 bits per heavy atom. The molecule has 0 saturated carbocycles. The molecule has 0 bridgehead atoms. The van der Waals surface area contributed by atoms with Crippen molar-refractivity contribution in [3.05, 3.63) is 35.4 Å². The molecule has 1 rings (SSSR count). The summed E-state index contributed by atoms with van der Waals surface area (Å²) >= 11 is 0. The third kappa shape index (κ3) is 3.46. The summed E-state index contributed by atoms with van der Waals surface area (Å²) in [5.74, 6) is 0. The molecular formula is C13H19F3N2. The topological polar surface area (TPSA) is 29.3 Å². The van der Waals surface area contributed by atoms with Gasteiger partial charge in [0.2, 0.25) is 0 Å². The predicted molar refractivity (Wildman–Crippen MR) is 66.2 cm³/mol. The lowest BCUT2D eigenvalue weighted by atomic mass is 10.0. The van der Waals surface area contributed by atoms with Gasteiger partial charge in [0.15, 0.2) is 0 Å². The van der Waals surface area contributed by atoms with Gasteiger partial charge in [-0.15, -0.1) is 0 Å². The number of hydrogen-bond acceptors (Lipinski definition) is 2. The molecule has 0 aliphatic rings. The number of nitrogens with two attached hydrogens (primary N) is 1. The number of alkyl halides is 3. The highest BCUT2D eigenvalue weighted by atomic mass is 19.4. The maximum atomic E-state index is 12.5. The highest BCUT2D eigenvalue weighted by Gasteiger charge is 2.30. The highest BCUT2D eigenvalue weighted by Crippen LogP contribution is 2.30. The molecule has 0 amide bonds. The fraction of sp³-hybridized carbons (Fsp3) is 0.538. The van der Waals surface area contributed by atoms with Gasteiger partial charge in [0, 0.05) is 12.6 Å². The zero-order valence-corrected chi connectivity index (χ0v) is 10.7. The second-order valence-electron chi connectivity index (χ2n) is 4.09. The molecule has 0 radical (unpaired) electrons. The highest BCUT2D eigenvalue weighted by molar-refractivity contribution is 5.27. The first-order chi connectivity index (χ1) is 8.43. The van der Waals surface area contributed by atoms with Crippen molar-refractivity contribution in [1.29, 1.82) is 0 Å². The van der Waals surface area contributed by atoms with Crippen LogP contribution in [0, 0.1) is 0 Å². The van der Waals surface area contributed by atoms with Crippen molar-refractivity contribution in [1.82, 2.24) is 4.90 Å². The Hall–Kier alpha value is -1.07. The molecule has 2 N–H and O–H groups in total. The first-order valence-corrected chi connectivity index (χ1v) is 6.05. The number of benzene rings is 1. The molecule has 0 fully saturated rings. The van der Waals surface area contributed by atoms with Crippen LogP contribution in [0.1, 0.15) is 31.0 Å². The predicted octanol–water partition coefficient (Wildman–Crippen LogP) is 3.05. The van der Waals surface area contributed by atoms with E-state index in [1.54, 1.807) is 0 Å². The third-order valence-electron chi connectivity index (χ3n) is 3.10. The van der Waals surface area contributed by atoms with Gasteiger partial charge in [-0.2, -0.15) is 13.2 Å². The van der Waals surface area contributed by atoms with Crippen LogP contribution in [0.15, 0.2) is 24.3 Å². The lowest BCUT2D eigenvalue weighted by molar-refractivity contribution is -0.137. The Kier molecular flexibility index (Phi) is 5.16. The van der Waals surface area contributed by atoms with Gasteiger partial charge in [-0.1, -0.05) is 26.0 Å². The van der Waals surface area contributed by atoms with E-state index in [0.29, 0.717) is 6.54 Å². The summed E-state index contributed by atoms with van der Waals surface area (Å²) in [5.41, 5.74) is 5.92. The Labute approximate surface area is 106 Å². The summed E-state index contributed by atoms with van der Waals surface area (Å²) in [7, 11) is 0. The minimum absolute atomic E-state index is 0.0257. The molecule has 18 heavy (non-hydrogen) atoms. The lowest BCUT2D eigenvalue weighted by Crippen LogP contribution is -2.33. The zero-order chi connectivity index (χ0) is 13.8. The van der Waals surface area contributed by atoms with Crippen molar-refractivity contribution >= 4 is 0 Å². The maximum Gasteiger partial charge on any atom is 0.416 e.